The molecule has 150 valence electrons. The van der Waals surface area contributed by atoms with Crippen LogP contribution in [0, 0.1) is 5.82 Å². The highest BCUT2D eigenvalue weighted by molar-refractivity contribution is 5.94. The zero-order valence-electron chi connectivity index (χ0n) is 16.0. The van der Waals surface area contributed by atoms with Gasteiger partial charge in [0.1, 0.15) is 11.6 Å². The van der Waals surface area contributed by atoms with Gasteiger partial charge in [0.2, 0.25) is 5.91 Å². The molecule has 0 unspecified atom stereocenters. The number of hydrogen-bond acceptors (Lipinski definition) is 3. The number of H-pyrrole nitrogens is 1. The summed E-state index contributed by atoms with van der Waals surface area (Å²) in [4.78, 5) is 32.1. The van der Waals surface area contributed by atoms with Crippen LogP contribution < -0.4 is 10.6 Å². The fraction of sp³-hybridized carbons (Fsp3) is 0.318. The highest BCUT2D eigenvalue weighted by atomic mass is 19.1. The molecule has 1 aliphatic rings. The highest BCUT2D eigenvalue weighted by Gasteiger charge is 2.22. The van der Waals surface area contributed by atoms with Gasteiger partial charge in [-0.25, -0.2) is 9.37 Å². The first kappa shape index (κ1) is 19.1. The van der Waals surface area contributed by atoms with Crippen molar-refractivity contribution in [3.8, 4) is 0 Å². The van der Waals surface area contributed by atoms with Crippen molar-refractivity contribution in [2.24, 2.45) is 0 Å². The topological polar surface area (TPSA) is 86.9 Å². The zero-order valence-corrected chi connectivity index (χ0v) is 16.0. The maximum atomic E-state index is 12.9. The Morgan fingerprint density at radius 1 is 1.14 bits per heavy atom. The summed E-state index contributed by atoms with van der Waals surface area (Å²) >= 11 is 0. The number of nitrogens with zero attached hydrogens (tertiary/aromatic N) is 1. The standard InChI is InChI=1S/C22H23FN4O2/c23-16-8-6-15(7-9-16)22(29)24-12-2-5-20(28)25-17-10-11-18-19(13-17)27-21(26-18)14-3-1-4-14/h6-11,13-14H,1-5,12H2,(H,24,29)(H,25,28)(H,26,27). The molecule has 0 aliphatic heterocycles. The summed E-state index contributed by atoms with van der Waals surface area (Å²) in [5.74, 6) is 0.791. The van der Waals surface area contributed by atoms with Gasteiger partial charge in [0, 0.05) is 30.1 Å². The number of hydrogen-bond donors (Lipinski definition) is 3. The molecular formula is C22H23FN4O2. The molecular weight excluding hydrogens is 371 g/mol. The van der Waals surface area contributed by atoms with Gasteiger partial charge in [-0.05, 0) is 61.7 Å². The minimum atomic E-state index is -0.384. The second-order valence-corrected chi connectivity index (χ2v) is 7.40. The summed E-state index contributed by atoms with van der Waals surface area (Å²) in [5.41, 5.74) is 2.95. The molecule has 0 spiro atoms. The van der Waals surface area contributed by atoms with Crippen LogP contribution in [0.1, 0.15) is 54.2 Å². The predicted octanol–water partition coefficient (Wildman–Crippen LogP) is 4.12. The molecule has 7 heteroatoms. The van der Waals surface area contributed by atoms with Crippen molar-refractivity contribution < 1.29 is 14.0 Å². The number of nitrogens with one attached hydrogen (secondary N) is 3. The van der Waals surface area contributed by atoms with Crippen LogP contribution in [-0.2, 0) is 4.79 Å². The second kappa shape index (κ2) is 8.43. The van der Waals surface area contributed by atoms with Gasteiger partial charge in [-0.15, -0.1) is 0 Å². The number of fused-ring (bicyclic) bond motifs is 1. The van der Waals surface area contributed by atoms with Crippen LogP contribution in [0.25, 0.3) is 11.0 Å². The van der Waals surface area contributed by atoms with Crippen LogP contribution in [0.15, 0.2) is 42.5 Å². The van der Waals surface area contributed by atoms with Gasteiger partial charge in [-0.3, -0.25) is 9.59 Å². The van der Waals surface area contributed by atoms with Crippen molar-refractivity contribution >= 4 is 28.5 Å². The molecule has 0 radical (unpaired) electrons. The van der Waals surface area contributed by atoms with E-state index in [-0.39, 0.29) is 24.1 Å². The molecule has 3 N–H and O–H groups in total. The lowest BCUT2D eigenvalue weighted by Crippen LogP contribution is -2.25. The average molecular weight is 394 g/mol. The Labute approximate surface area is 167 Å². The number of rotatable bonds is 7. The van der Waals surface area contributed by atoms with E-state index in [0.29, 0.717) is 24.4 Å². The third-order valence-electron chi connectivity index (χ3n) is 5.25. The molecule has 0 atom stereocenters. The predicted molar refractivity (Wildman–Crippen MR) is 109 cm³/mol. The third kappa shape index (κ3) is 4.62. The maximum Gasteiger partial charge on any atom is 0.251 e. The third-order valence-corrected chi connectivity index (χ3v) is 5.25. The van der Waals surface area contributed by atoms with Crippen LogP contribution in [0.2, 0.25) is 0 Å². The Morgan fingerprint density at radius 2 is 1.93 bits per heavy atom. The van der Waals surface area contributed by atoms with Crippen molar-refractivity contribution in [2.45, 2.75) is 38.0 Å². The summed E-state index contributed by atoms with van der Waals surface area (Å²) in [6, 6.07) is 11.0. The van der Waals surface area contributed by atoms with Crippen LogP contribution in [0.3, 0.4) is 0 Å². The highest BCUT2D eigenvalue weighted by Crippen LogP contribution is 2.35. The van der Waals surface area contributed by atoms with Gasteiger partial charge in [0.05, 0.1) is 11.0 Å². The molecule has 1 heterocycles. The Hall–Kier alpha value is -3.22. The monoisotopic (exact) mass is 394 g/mol. The van der Waals surface area contributed by atoms with Crippen molar-refractivity contribution in [2.75, 3.05) is 11.9 Å². The quantitative estimate of drug-likeness (QED) is 0.527. The minimum absolute atomic E-state index is 0.112. The number of carbonyl (C=O) groups is 2. The van der Waals surface area contributed by atoms with Gasteiger partial charge in [0.15, 0.2) is 0 Å². The Bertz CT molecular complexity index is 1020. The van der Waals surface area contributed by atoms with Crippen LogP contribution in [-0.4, -0.2) is 28.3 Å². The lowest BCUT2D eigenvalue weighted by Gasteiger charge is -2.22. The molecule has 0 saturated heterocycles. The largest absolute Gasteiger partial charge is 0.352 e. The number of benzene rings is 2. The van der Waals surface area contributed by atoms with E-state index in [1.54, 1.807) is 0 Å². The molecule has 1 saturated carbocycles. The number of anilines is 1. The Morgan fingerprint density at radius 3 is 2.66 bits per heavy atom. The van der Waals surface area contributed by atoms with Crippen LogP contribution in [0.5, 0.6) is 0 Å². The maximum absolute atomic E-state index is 12.9. The van der Waals surface area contributed by atoms with E-state index < -0.39 is 0 Å². The number of carbonyl (C=O) groups excluding carboxylic acids is 2. The molecule has 2 aromatic carbocycles. The van der Waals surface area contributed by atoms with E-state index in [1.807, 2.05) is 18.2 Å². The molecule has 1 aliphatic carbocycles. The molecule has 29 heavy (non-hydrogen) atoms. The summed E-state index contributed by atoms with van der Waals surface area (Å²) in [6.07, 6.45) is 4.42. The fourth-order valence-corrected chi connectivity index (χ4v) is 3.36. The average Bonchev–Trinajstić information content (AvgIpc) is 3.06. The van der Waals surface area contributed by atoms with Crippen LogP contribution in [0.4, 0.5) is 10.1 Å². The van der Waals surface area contributed by atoms with Gasteiger partial charge in [0.25, 0.3) is 5.91 Å². The van der Waals surface area contributed by atoms with E-state index in [9.17, 15) is 14.0 Å². The van der Waals surface area contributed by atoms with E-state index in [4.69, 9.17) is 0 Å². The van der Waals surface area contributed by atoms with Gasteiger partial charge < -0.3 is 15.6 Å². The smallest absolute Gasteiger partial charge is 0.251 e. The lowest BCUT2D eigenvalue weighted by atomic mass is 9.85. The van der Waals surface area contributed by atoms with Gasteiger partial charge >= 0.3 is 0 Å². The van der Waals surface area contributed by atoms with Gasteiger partial charge in [-0.1, -0.05) is 6.42 Å². The number of aromatic amines is 1. The normalized spacial score (nSPS) is 13.8. The first-order valence-electron chi connectivity index (χ1n) is 9.92. The molecule has 4 rings (SSSR count). The fourth-order valence-electron chi connectivity index (χ4n) is 3.36. The van der Waals surface area contributed by atoms with E-state index in [0.717, 1.165) is 22.5 Å². The number of amides is 2. The summed E-state index contributed by atoms with van der Waals surface area (Å²) in [5, 5.41) is 5.62. The van der Waals surface area contributed by atoms with Crippen molar-refractivity contribution in [1.82, 2.24) is 15.3 Å². The summed E-state index contributed by atoms with van der Waals surface area (Å²) in [6.45, 7) is 0.369. The second-order valence-electron chi connectivity index (χ2n) is 7.40. The van der Waals surface area contributed by atoms with Crippen molar-refractivity contribution in [1.29, 1.82) is 0 Å². The molecule has 2 amide bonds. The number of aromatic nitrogens is 2. The number of halogens is 1. The summed E-state index contributed by atoms with van der Waals surface area (Å²) < 4.78 is 12.9. The summed E-state index contributed by atoms with van der Waals surface area (Å²) in [7, 11) is 0. The lowest BCUT2D eigenvalue weighted by molar-refractivity contribution is -0.116. The number of imidazole rings is 1. The first-order valence-corrected chi connectivity index (χ1v) is 9.92. The van der Waals surface area contributed by atoms with Crippen molar-refractivity contribution in [3.05, 3.63) is 59.7 Å². The first-order chi connectivity index (χ1) is 14.1. The SMILES string of the molecule is O=C(CCCNC(=O)c1ccc(F)cc1)Nc1ccc2nc(C3CCC3)[nH]c2c1. The van der Waals surface area contributed by atoms with Gasteiger partial charge in [-0.2, -0.15) is 0 Å². The molecule has 0 bridgehead atoms. The van der Waals surface area contributed by atoms with E-state index in [1.165, 1.54) is 43.5 Å². The van der Waals surface area contributed by atoms with E-state index >= 15 is 0 Å². The molecule has 6 nitrogen and oxygen atoms in total. The van der Waals surface area contributed by atoms with E-state index in [2.05, 4.69) is 20.6 Å². The minimum Gasteiger partial charge on any atom is -0.352 e. The molecule has 1 fully saturated rings. The zero-order chi connectivity index (χ0) is 20.2. The van der Waals surface area contributed by atoms with Crippen molar-refractivity contribution in [3.63, 3.8) is 0 Å². The molecule has 3 aromatic rings. The molecule has 1 aromatic heterocycles. The van der Waals surface area contributed by atoms with Crippen LogP contribution >= 0.6 is 0 Å². The Kier molecular flexibility index (Phi) is 5.55. The Balaban J connectivity index is 1.24.